The number of aromatic nitrogens is 1. The number of aryl methyl sites for hydroxylation is 1. The number of pyridine rings is 1. The molecule has 0 aliphatic carbocycles. The second-order valence-corrected chi connectivity index (χ2v) is 7.38. The molecule has 1 heterocycles. The van der Waals surface area contributed by atoms with Crippen molar-refractivity contribution in [1.82, 2.24) is 0 Å². The summed E-state index contributed by atoms with van der Waals surface area (Å²) in [6.45, 7) is 9.18. The highest BCUT2D eigenvalue weighted by Crippen LogP contribution is 2.20. The van der Waals surface area contributed by atoms with E-state index < -0.39 is 0 Å². The normalized spacial score (nSPS) is 11.9. The van der Waals surface area contributed by atoms with Crippen molar-refractivity contribution in [3.63, 3.8) is 0 Å². The van der Waals surface area contributed by atoms with E-state index in [1.54, 1.807) is 6.92 Å². The summed E-state index contributed by atoms with van der Waals surface area (Å²) >= 11 is 0. The lowest BCUT2D eigenvalue weighted by Gasteiger charge is -2.16. The molecule has 0 saturated carbocycles. The summed E-state index contributed by atoms with van der Waals surface area (Å²) in [5, 5.41) is 0. The Kier molecular flexibility index (Phi) is 12.5. The van der Waals surface area contributed by atoms with E-state index in [1.807, 2.05) is 6.07 Å². The van der Waals surface area contributed by atoms with Gasteiger partial charge in [-0.05, 0) is 25.7 Å². The summed E-state index contributed by atoms with van der Waals surface area (Å²) in [6, 6.07) is 6.20. The molecule has 0 aliphatic rings. The molecule has 146 valence electrons. The van der Waals surface area contributed by atoms with E-state index in [-0.39, 0.29) is 5.97 Å². The number of unbranched alkanes of at least 4 members (excludes halogenated alkanes) is 5. The third kappa shape index (κ3) is 11.1. The molecular weight excluding hydrogens is 322 g/mol. The lowest BCUT2D eigenvalue weighted by Crippen LogP contribution is -2.32. The predicted molar refractivity (Wildman–Crippen MR) is 108 cm³/mol. The van der Waals surface area contributed by atoms with Gasteiger partial charge in [0, 0.05) is 24.1 Å². The van der Waals surface area contributed by atoms with E-state index in [4.69, 9.17) is 4.74 Å². The topological polar surface area (TPSA) is 30.2 Å². The molecule has 1 aromatic rings. The van der Waals surface area contributed by atoms with E-state index in [1.165, 1.54) is 57.8 Å². The standard InChI is InChI=1S/C23H38NO2/c1-4-5-6-7-8-10-14-22(16-20-26-23(25)21(2)3)15-13-19-24-17-11-9-12-18-24/h9,11-12,17-18,22H,2,4-8,10,13-16,19-20H2,1,3H3/q+1. The Bertz CT molecular complexity index is 498. The molecule has 0 spiro atoms. The maximum Gasteiger partial charge on any atom is 0.333 e. The quantitative estimate of drug-likeness (QED) is 0.176. The van der Waals surface area contributed by atoms with Crippen molar-refractivity contribution in [2.75, 3.05) is 6.61 Å². The van der Waals surface area contributed by atoms with E-state index in [0.29, 0.717) is 18.1 Å². The number of ether oxygens (including phenoxy) is 1. The Labute approximate surface area is 160 Å². The number of nitrogens with zero attached hydrogens (tertiary/aromatic N) is 1. The first kappa shape index (κ1) is 22.4. The van der Waals surface area contributed by atoms with Gasteiger partial charge in [0.05, 0.1) is 6.61 Å². The van der Waals surface area contributed by atoms with Crippen LogP contribution in [0.15, 0.2) is 42.7 Å². The first-order valence-electron chi connectivity index (χ1n) is 10.4. The van der Waals surface area contributed by atoms with Crippen molar-refractivity contribution in [1.29, 1.82) is 0 Å². The first-order chi connectivity index (χ1) is 12.6. The SMILES string of the molecule is C=C(C)C(=O)OCCC(CCCCCCCC)CCC[n+]1ccccc1. The fourth-order valence-electron chi connectivity index (χ4n) is 3.23. The van der Waals surface area contributed by atoms with Crippen LogP contribution in [-0.4, -0.2) is 12.6 Å². The van der Waals surface area contributed by atoms with Gasteiger partial charge in [-0.25, -0.2) is 9.36 Å². The summed E-state index contributed by atoms with van der Waals surface area (Å²) in [6.07, 6.45) is 16.8. The van der Waals surface area contributed by atoms with Gasteiger partial charge in [-0.15, -0.1) is 0 Å². The third-order valence-corrected chi connectivity index (χ3v) is 4.88. The lowest BCUT2D eigenvalue weighted by atomic mass is 9.93. The molecule has 0 N–H and O–H groups in total. The highest BCUT2D eigenvalue weighted by Gasteiger charge is 2.12. The zero-order valence-corrected chi connectivity index (χ0v) is 16.9. The molecule has 1 atom stereocenters. The molecule has 0 radical (unpaired) electrons. The summed E-state index contributed by atoms with van der Waals surface area (Å²) in [7, 11) is 0. The molecule has 1 aromatic heterocycles. The van der Waals surface area contributed by atoms with Gasteiger partial charge in [0.1, 0.15) is 6.54 Å². The average molecular weight is 361 g/mol. The maximum absolute atomic E-state index is 11.6. The van der Waals surface area contributed by atoms with Crippen LogP contribution >= 0.6 is 0 Å². The van der Waals surface area contributed by atoms with Gasteiger partial charge in [0.25, 0.3) is 0 Å². The van der Waals surface area contributed by atoms with Crippen LogP contribution in [0.3, 0.4) is 0 Å². The van der Waals surface area contributed by atoms with Crippen LogP contribution in [0.25, 0.3) is 0 Å². The minimum absolute atomic E-state index is 0.261. The van der Waals surface area contributed by atoms with Gasteiger partial charge in [-0.2, -0.15) is 0 Å². The number of esters is 1. The van der Waals surface area contributed by atoms with Crippen molar-refractivity contribution < 1.29 is 14.1 Å². The Morgan fingerprint density at radius 1 is 0.962 bits per heavy atom. The summed E-state index contributed by atoms with van der Waals surface area (Å²) in [5.74, 6) is 0.381. The van der Waals surface area contributed by atoms with Crippen molar-refractivity contribution in [2.45, 2.75) is 84.6 Å². The Morgan fingerprint density at radius 3 is 2.31 bits per heavy atom. The highest BCUT2D eigenvalue weighted by atomic mass is 16.5. The van der Waals surface area contributed by atoms with Gasteiger partial charge in [0.2, 0.25) is 0 Å². The van der Waals surface area contributed by atoms with Crippen molar-refractivity contribution in [2.24, 2.45) is 5.92 Å². The van der Waals surface area contributed by atoms with Crippen LogP contribution in [0.5, 0.6) is 0 Å². The Morgan fingerprint density at radius 2 is 1.62 bits per heavy atom. The molecule has 0 aliphatic heterocycles. The summed E-state index contributed by atoms with van der Waals surface area (Å²) in [4.78, 5) is 11.6. The van der Waals surface area contributed by atoms with Gasteiger partial charge in [-0.3, -0.25) is 0 Å². The lowest BCUT2D eigenvalue weighted by molar-refractivity contribution is -0.697. The van der Waals surface area contributed by atoms with E-state index in [0.717, 1.165) is 13.0 Å². The molecular formula is C23H38NO2+. The average Bonchev–Trinajstić information content (AvgIpc) is 2.64. The minimum atomic E-state index is -0.261. The van der Waals surface area contributed by atoms with E-state index in [9.17, 15) is 4.79 Å². The molecule has 0 aromatic carbocycles. The Balaban J connectivity index is 2.31. The number of rotatable bonds is 15. The van der Waals surface area contributed by atoms with Crippen LogP contribution in [0.4, 0.5) is 0 Å². The van der Waals surface area contributed by atoms with E-state index in [2.05, 4.69) is 42.6 Å². The van der Waals surface area contributed by atoms with Crippen LogP contribution in [-0.2, 0) is 16.1 Å². The Hall–Kier alpha value is -1.64. The van der Waals surface area contributed by atoms with Gasteiger partial charge >= 0.3 is 5.97 Å². The molecule has 0 bridgehead atoms. The van der Waals surface area contributed by atoms with Crippen LogP contribution in [0.1, 0.15) is 78.1 Å². The molecule has 3 nitrogen and oxygen atoms in total. The molecule has 3 heteroatoms. The minimum Gasteiger partial charge on any atom is -0.462 e. The van der Waals surface area contributed by atoms with Crippen molar-refractivity contribution >= 4 is 5.97 Å². The van der Waals surface area contributed by atoms with Crippen LogP contribution in [0.2, 0.25) is 0 Å². The molecule has 1 rings (SSSR count). The highest BCUT2D eigenvalue weighted by molar-refractivity contribution is 5.86. The molecule has 0 fully saturated rings. The van der Waals surface area contributed by atoms with Crippen molar-refractivity contribution in [3.8, 4) is 0 Å². The second-order valence-electron chi connectivity index (χ2n) is 7.38. The largest absolute Gasteiger partial charge is 0.462 e. The van der Waals surface area contributed by atoms with Crippen LogP contribution < -0.4 is 4.57 Å². The third-order valence-electron chi connectivity index (χ3n) is 4.88. The molecule has 0 saturated heterocycles. The maximum atomic E-state index is 11.6. The zero-order chi connectivity index (χ0) is 19.0. The first-order valence-corrected chi connectivity index (χ1v) is 10.4. The number of carbonyl (C=O) groups is 1. The van der Waals surface area contributed by atoms with Gasteiger partial charge in [0.15, 0.2) is 12.4 Å². The fraction of sp³-hybridized carbons (Fsp3) is 0.652. The number of hydrogen-bond acceptors (Lipinski definition) is 2. The monoisotopic (exact) mass is 360 g/mol. The second kappa shape index (κ2) is 14.5. The molecule has 1 unspecified atom stereocenters. The number of hydrogen-bond donors (Lipinski definition) is 0. The smallest absolute Gasteiger partial charge is 0.333 e. The molecule has 0 amide bonds. The van der Waals surface area contributed by atoms with E-state index >= 15 is 0 Å². The predicted octanol–water partition coefficient (Wildman–Crippen LogP) is 5.63. The fourth-order valence-corrected chi connectivity index (χ4v) is 3.23. The summed E-state index contributed by atoms with van der Waals surface area (Å²) in [5.41, 5.74) is 0.484. The summed E-state index contributed by atoms with van der Waals surface area (Å²) < 4.78 is 7.55. The zero-order valence-electron chi connectivity index (χ0n) is 16.9. The molecule has 26 heavy (non-hydrogen) atoms. The number of carbonyl (C=O) groups excluding carboxylic acids is 1. The van der Waals surface area contributed by atoms with Gasteiger partial charge < -0.3 is 4.74 Å². The van der Waals surface area contributed by atoms with Crippen LogP contribution in [0, 0.1) is 5.92 Å². The van der Waals surface area contributed by atoms with Crippen molar-refractivity contribution in [3.05, 3.63) is 42.7 Å². The van der Waals surface area contributed by atoms with Gasteiger partial charge in [-0.1, -0.05) is 64.5 Å².